The Labute approximate surface area is 81.0 Å². The van der Waals surface area contributed by atoms with Gasteiger partial charge in [-0.1, -0.05) is 25.0 Å². The lowest BCUT2D eigenvalue weighted by atomic mass is 9.76. The summed E-state index contributed by atoms with van der Waals surface area (Å²) in [6.45, 7) is 5.03. The van der Waals surface area contributed by atoms with Gasteiger partial charge in [0.2, 0.25) is 5.78 Å². The molecule has 1 rings (SSSR count). The van der Waals surface area contributed by atoms with E-state index in [4.69, 9.17) is 0 Å². The second-order valence-electron chi connectivity index (χ2n) is 3.90. The highest BCUT2D eigenvalue weighted by molar-refractivity contribution is 5.92. The molecular weight excluding hydrogens is 193 g/mol. The summed E-state index contributed by atoms with van der Waals surface area (Å²) >= 11 is 0. The van der Waals surface area contributed by atoms with Gasteiger partial charge in [-0.2, -0.15) is 13.2 Å². The average Bonchev–Trinajstić information content (AvgIpc) is 2.50. The summed E-state index contributed by atoms with van der Waals surface area (Å²) in [7, 11) is 0. The highest BCUT2D eigenvalue weighted by Crippen LogP contribution is 2.47. The van der Waals surface area contributed by atoms with E-state index in [0.29, 0.717) is 31.3 Å². The number of hydrogen-bond acceptors (Lipinski definition) is 1. The first-order chi connectivity index (χ1) is 6.31. The Morgan fingerprint density at radius 2 is 1.71 bits per heavy atom. The maximum absolute atomic E-state index is 12.3. The predicted octanol–water partition coefficient (Wildman–Crippen LogP) is 3.25. The molecule has 1 aliphatic rings. The molecule has 0 bridgehead atoms. The van der Waals surface area contributed by atoms with Crippen LogP contribution < -0.4 is 0 Å². The molecule has 0 aromatic rings. The van der Waals surface area contributed by atoms with E-state index in [9.17, 15) is 18.0 Å². The molecule has 0 heterocycles. The van der Waals surface area contributed by atoms with Crippen LogP contribution in [0.1, 0.15) is 32.6 Å². The molecule has 0 aromatic heterocycles. The fourth-order valence-electron chi connectivity index (χ4n) is 2.10. The molecule has 14 heavy (non-hydrogen) atoms. The van der Waals surface area contributed by atoms with Crippen LogP contribution in [-0.4, -0.2) is 12.0 Å². The van der Waals surface area contributed by atoms with Crippen LogP contribution in [0.25, 0.3) is 0 Å². The minimum atomic E-state index is -4.73. The quantitative estimate of drug-likeness (QED) is 0.634. The van der Waals surface area contributed by atoms with Gasteiger partial charge in [-0.15, -0.1) is 0 Å². The Balaban J connectivity index is 3.01. The lowest BCUT2D eigenvalue weighted by Crippen LogP contribution is -2.39. The Kier molecular flexibility index (Phi) is 2.74. The fraction of sp³-hybridized carbons (Fsp3) is 0.700. The van der Waals surface area contributed by atoms with E-state index in [2.05, 4.69) is 6.58 Å². The molecule has 4 heteroatoms. The van der Waals surface area contributed by atoms with Gasteiger partial charge >= 0.3 is 6.18 Å². The first kappa shape index (κ1) is 11.3. The number of rotatable bonds is 2. The molecule has 0 spiro atoms. The van der Waals surface area contributed by atoms with E-state index in [-0.39, 0.29) is 0 Å². The zero-order valence-electron chi connectivity index (χ0n) is 8.08. The van der Waals surface area contributed by atoms with Crippen LogP contribution >= 0.6 is 0 Å². The van der Waals surface area contributed by atoms with Gasteiger partial charge in [0.05, 0.1) is 5.41 Å². The minimum Gasteiger partial charge on any atom is -0.289 e. The molecule has 0 atom stereocenters. The van der Waals surface area contributed by atoms with Gasteiger partial charge in [-0.05, 0) is 19.8 Å². The molecule has 1 fully saturated rings. The van der Waals surface area contributed by atoms with Gasteiger partial charge in [0, 0.05) is 0 Å². The zero-order chi connectivity index (χ0) is 11.0. The summed E-state index contributed by atoms with van der Waals surface area (Å²) in [4.78, 5) is 11.2. The van der Waals surface area contributed by atoms with Crippen molar-refractivity contribution in [3.05, 3.63) is 12.2 Å². The SMILES string of the molecule is C=C(C)C1(C(=O)C(F)(F)F)CCCC1. The molecule has 0 amide bonds. The normalized spacial score (nSPS) is 20.9. The van der Waals surface area contributed by atoms with Gasteiger partial charge in [-0.25, -0.2) is 0 Å². The van der Waals surface area contributed by atoms with E-state index in [0.717, 1.165) is 0 Å². The Bertz CT molecular complexity index is 259. The summed E-state index contributed by atoms with van der Waals surface area (Å²) in [5.74, 6) is -1.62. The van der Waals surface area contributed by atoms with Crippen molar-refractivity contribution < 1.29 is 18.0 Å². The van der Waals surface area contributed by atoms with Crippen LogP contribution in [0.3, 0.4) is 0 Å². The van der Waals surface area contributed by atoms with Crippen LogP contribution in [0.2, 0.25) is 0 Å². The van der Waals surface area contributed by atoms with Crippen LogP contribution in [0.15, 0.2) is 12.2 Å². The molecule has 0 aliphatic heterocycles. The molecule has 0 radical (unpaired) electrons. The lowest BCUT2D eigenvalue weighted by Gasteiger charge is -2.28. The van der Waals surface area contributed by atoms with Crippen LogP contribution in [-0.2, 0) is 4.79 Å². The van der Waals surface area contributed by atoms with Crippen molar-refractivity contribution in [1.82, 2.24) is 0 Å². The fourth-order valence-corrected chi connectivity index (χ4v) is 2.10. The number of allylic oxidation sites excluding steroid dienone is 1. The molecule has 80 valence electrons. The van der Waals surface area contributed by atoms with Crippen molar-refractivity contribution in [1.29, 1.82) is 0 Å². The molecule has 1 saturated carbocycles. The smallest absolute Gasteiger partial charge is 0.289 e. The monoisotopic (exact) mass is 206 g/mol. The van der Waals surface area contributed by atoms with Gasteiger partial charge in [0.1, 0.15) is 0 Å². The number of alkyl halides is 3. The highest BCUT2D eigenvalue weighted by Gasteiger charge is 2.54. The maximum atomic E-state index is 12.3. The predicted molar refractivity (Wildman–Crippen MR) is 46.8 cm³/mol. The zero-order valence-corrected chi connectivity index (χ0v) is 8.08. The van der Waals surface area contributed by atoms with Crippen molar-refractivity contribution in [2.45, 2.75) is 38.8 Å². The maximum Gasteiger partial charge on any atom is 0.450 e. The Morgan fingerprint density at radius 1 is 1.29 bits per heavy atom. The minimum absolute atomic E-state index is 0.292. The third-order valence-electron chi connectivity index (χ3n) is 2.97. The van der Waals surface area contributed by atoms with Crippen LogP contribution in [0.4, 0.5) is 13.2 Å². The first-order valence-corrected chi connectivity index (χ1v) is 4.58. The van der Waals surface area contributed by atoms with Gasteiger partial charge in [-0.3, -0.25) is 4.79 Å². The number of halogens is 3. The van der Waals surface area contributed by atoms with Crippen molar-refractivity contribution in [2.24, 2.45) is 5.41 Å². The van der Waals surface area contributed by atoms with Crippen molar-refractivity contribution in [2.75, 3.05) is 0 Å². The third-order valence-corrected chi connectivity index (χ3v) is 2.97. The van der Waals surface area contributed by atoms with E-state index >= 15 is 0 Å². The molecule has 0 N–H and O–H groups in total. The summed E-state index contributed by atoms with van der Waals surface area (Å²) in [6.07, 6.45) is -2.80. The highest BCUT2D eigenvalue weighted by atomic mass is 19.4. The Hall–Kier alpha value is -0.800. The van der Waals surface area contributed by atoms with Gasteiger partial charge < -0.3 is 0 Å². The van der Waals surface area contributed by atoms with Crippen molar-refractivity contribution >= 4 is 5.78 Å². The summed E-state index contributed by atoms with van der Waals surface area (Å²) in [5.41, 5.74) is -0.976. The third kappa shape index (κ3) is 1.70. The number of carbonyl (C=O) groups is 1. The second-order valence-corrected chi connectivity index (χ2v) is 3.90. The van der Waals surface area contributed by atoms with Gasteiger partial charge in [0.15, 0.2) is 0 Å². The standard InChI is InChI=1S/C10H13F3O/c1-7(2)9(5-3-4-6-9)8(14)10(11,12)13/h1,3-6H2,2H3. The number of Topliss-reactive ketones (excluding diaryl/α,β-unsaturated/α-hetero) is 1. The van der Waals surface area contributed by atoms with E-state index in [1.165, 1.54) is 6.92 Å². The van der Waals surface area contributed by atoms with E-state index in [1.54, 1.807) is 0 Å². The first-order valence-electron chi connectivity index (χ1n) is 4.58. The Morgan fingerprint density at radius 3 is 2.00 bits per heavy atom. The largest absolute Gasteiger partial charge is 0.450 e. The molecule has 0 unspecified atom stereocenters. The lowest BCUT2D eigenvalue weighted by molar-refractivity contribution is -0.179. The van der Waals surface area contributed by atoms with Crippen molar-refractivity contribution in [3.63, 3.8) is 0 Å². The summed E-state index contributed by atoms with van der Waals surface area (Å²) < 4.78 is 36.9. The topological polar surface area (TPSA) is 17.1 Å². The van der Waals surface area contributed by atoms with E-state index in [1.807, 2.05) is 0 Å². The molecule has 1 aliphatic carbocycles. The number of hydrogen-bond donors (Lipinski definition) is 0. The molecular formula is C10H13F3O. The number of ketones is 1. The molecule has 1 nitrogen and oxygen atoms in total. The summed E-state index contributed by atoms with van der Waals surface area (Å²) in [5, 5.41) is 0. The number of carbonyl (C=O) groups excluding carboxylic acids is 1. The average molecular weight is 206 g/mol. The second kappa shape index (κ2) is 3.41. The molecule has 0 saturated heterocycles. The summed E-state index contributed by atoms with van der Waals surface area (Å²) in [6, 6.07) is 0. The molecule has 0 aromatic carbocycles. The van der Waals surface area contributed by atoms with Crippen LogP contribution in [0.5, 0.6) is 0 Å². The van der Waals surface area contributed by atoms with Crippen molar-refractivity contribution in [3.8, 4) is 0 Å². The van der Waals surface area contributed by atoms with Gasteiger partial charge in [0.25, 0.3) is 0 Å². The van der Waals surface area contributed by atoms with E-state index < -0.39 is 17.4 Å². The van der Waals surface area contributed by atoms with Crippen LogP contribution in [0, 0.1) is 5.41 Å².